The lowest BCUT2D eigenvalue weighted by Crippen LogP contribution is -2.29. The molecule has 0 aromatic rings. The molecular formula is C30H54O2. The number of ether oxygens (including phenoxy) is 1. The summed E-state index contributed by atoms with van der Waals surface area (Å²) in [6, 6.07) is 0. The molecule has 3 aliphatic rings. The fourth-order valence-electron chi connectivity index (χ4n) is 7.16. The van der Waals surface area contributed by atoms with Gasteiger partial charge in [0.1, 0.15) is 6.10 Å². The minimum atomic E-state index is 0.0424. The average molecular weight is 447 g/mol. The van der Waals surface area contributed by atoms with Gasteiger partial charge in [-0.25, -0.2) is 0 Å². The van der Waals surface area contributed by atoms with Crippen molar-refractivity contribution < 1.29 is 9.53 Å². The second-order valence-electron chi connectivity index (χ2n) is 11.9. The van der Waals surface area contributed by atoms with E-state index in [1.165, 1.54) is 103 Å². The molecule has 3 aliphatic carbocycles. The van der Waals surface area contributed by atoms with Crippen molar-refractivity contribution in [2.24, 2.45) is 29.6 Å². The number of carbonyl (C=O) groups excluding carboxylic acids is 1. The van der Waals surface area contributed by atoms with Gasteiger partial charge in [0.15, 0.2) is 0 Å². The number of hydrogen-bond acceptors (Lipinski definition) is 2. The highest BCUT2D eigenvalue weighted by atomic mass is 16.5. The molecule has 2 nitrogen and oxygen atoms in total. The quantitative estimate of drug-likeness (QED) is 0.220. The number of carbonyl (C=O) groups is 1. The van der Waals surface area contributed by atoms with Crippen LogP contribution in [0, 0.1) is 29.6 Å². The van der Waals surface area contributed by atoms with E-state index in [-0.39, 0.29) is 12.1 Å². The molecule has 0 saturated heterocycles. The van der Waals surface area contributed by atoms with E-state index in [9.17, 15) is 4.79 Å². The fourth-order valence-corrected chi connectivity index (χ4v) is 7.16. The molecule has 32 heavy (non-hydrogen) atoms. The van der Waals surface area contributed by atoms with Crippen LogP contribution in [0.1, 0.15) is 149 Å². The van der Waals surface area contributed by atoms with Crippen LogP contribution in [-0.4, -0.2) is 12.1 Å². The third-order valence-corrected chi connectivity index (χ3v) is 9.47. The second-order valence-corrected chi connectivity index (χ2v) is 11.9. The summed E-state index contributed by atoms with van der Waals surface area (Å²) in [5, 5.41) is 0. The Morgan fingerprint density at radius 1 is 0.594 bits per heavy atom. The van der Waals surface area contributed by atoms with Crippen LogP contribution in [-0.2, 0) is 9.53 Å². The first-order valence-electron chi connectivity index (χ1n) is 14.9. The highest BCUT2D eigenvalue weighted by Gasteiger charge is 2.32. The number of rotatable bonds is 12. The summed E-state index contributed by atoms with van der Waals surface area (Å²) < 4.78 is 5.73. The van der Waals surface area contributed by atoms with Gasteiger partial charge in [-0.3, -0.25) is 4.79 Å². The van der Waals surface area contributed by atoms with Crippen molar-refractivity contribution in [3.8, 4) is 0 Å². The molecule has 0 amide bonds. The Morgan fingerprint density at radius 2 is 1.06 bits per heavy atom. The zero-order chi connectivity index (χ0) is 22.6. The van der Waals surface area contributed by atoms with E-state index in [0.29, 0.717) is 6.42 Å². The average Bonchev–Trinajstić information content (AvgIpc) is 2.83. The third kappa shape index (κ3) is 9.02. The Morgan fingerprint density at radius 3 is 1.59 bits per heavy atom. The maximum absolute atomic E-state index is 11.9. The predicted octanol–water partition coefficient (Wildman–Crippen LogP) is 9.25. The first-order valence-corrected chi connectivity index (χ1v) is 14.9. The molecule has 0 heterocycles. The van der Waals surface area contributed by atoms with Crippen molar-refractivity contribution in [2.75, 3.05) is 0 Å². The van der Waals surface area contributed by atoms with Gasteiger partial charge in [0.25, 0.3) is 0 Å². The van der Waals surface area contributed by atoms with Crippen molar-refractivity contribution in [2.45, 2.75) is 155 Å². The number of unbranched alkanes of at least 4 members (excludes halogenated alkanes) is 3. The smallest absolute Gasteiger partial charge is 0.306 e. The Bertz CT molecular complexity index is 491. The van der Waals surface area contributed by atoms with Gasteiger partial charge in [0.05, 0.1) is 0 Å². The molecule has 0 N–H and O–H groups in total. The molecule has 0 unspecified atom stereocenters. The van der Waals surface area contributed by atoms with Gasteiger partial charge in [-0.05, 0) is 74.5 Å². The van der Waals surface area contributed by atoms with E-state index in [1.54, 1.807) is 0 Å². The highest BCUT2D eigenvalue weighted by molar-refractivity contribution is 5.69. The summed E-state index contributed by atoms with van der Waals surface area (Å²) in [5.41, 5.74) is 0. The Hall–Kier alpha value is -0.530. The van der Waals surface area contributed by atoms with Crippen LogP contribution in [0.2, 0.25) is 0 Å². The number of hydrogen-bond donors (Lipinski definition) is 0. The predicted molar refractivity (Wildman–Crippen MR) is 136 cm³/mol. The normalized spacial score (nSPS) is 33.7. The second kappa shape index (κ2) is 14.7. The molecule has 0 aliphatic heterocycles. The van der Waals surface area contributed by atoms with Gasteiger partial charge in [0.2, 0.25) is 0 Å². The van der Waals surface area contributed by atoms with Crippen molar-refractivity contribution in [1.82, 2.24) is 0 Å². The van der Waals surface area contributed by atoms with Crippen LogP contribution in [0.3, 0.4) is 0 Å². The zero-order valence-corrected chi connectivity index (χ0v) is 21.6. The first kappa shape index (κ1) is 26.1. The molecule has 3 fully saturated rings. The highest BCUT2D eigenvalue weighted by Crippen LogP contribution is 2.43. The van der Waals surface area contributed by atoms with Gasteiger partial charge in [-0.2, -0.15) is 0 Å². The molecule has 0 spiro atoms. The molecule has 3 saturated carbocycles. The monoisotopic (exact) mass is 446 g/mol. The first-order chi connectivity index (χ1) is 15.7. The van der Waals surface area contributed by atoms with Crippen LogP contribution < -0.4 is 0 Å². The molecule has 2 heteroatoms. The zero-order valence-electron chi connectivity index (χ0n) is 21.6. The van der Waals surface area contributed by atoms with Crippen molar-refractivity contribution in [3.05, 3.63) is 0 Å². The van der Waals surface area contributed by atoms with Gasteiger partial charge in [0, 0.05) is 6.42 Å². The van der Waals surface area contributed by atoms with Crippen LogP contribution in [0.4, 0.5) is 0 Å². The van der Waals surface area contributed by atoms with Crippen LogP contribution in [0.15, 0.2) is 0 Å². The summed E-state index contributed by atoms with van der Waals surface area (Å²) in [6.45, 7) is 4.46. The van der Waals surface area contributed by atoms with Crippen molar-refractivity contribution >= 4 is 5.97 Å². The number of esters is 1. The van der Waals surface area contributed by atoms with E-state index in [2.05, 4.69) is 13.8 Å². The topological polar surface area (TPSA) is 26.3 Å². The van der Waals surface area contributed by atoms with E-state index in [0.717, 1.165) is 55.3 Å². The van der Waals surface area contributed by atoms with Crippen molar-refractivity contribution in [1.29, 1.82) is 0 Å². The van der Waals surface area contributed by atoms with Crippen LogP contribution in [0.25, 0.3) is 0 Å². The molecule has 0 atom stereocenters. The minimum absolute atomic E-state index is 0.0424. The summed E-state index contributed by atoms with van der Waals surface area (Å²) in [5.74, 6) is 5.03. The van der Waals surface area contributed by atoms with E-state index in [1.807, 2.05) is 0 Å². The lowest BCUT2D eigenvalue weighted by Gasteiger charge is -2.38. The Kier molecular flexibility index (Phi) is 12.0. The molecule has 186 valence electrons. The Balaban J connectivity index is 1.24. The largest absolute Gasteiger partial charge is 0.462 e. The summed E-state index contributed by atoms with van der Waals surface area (Å²) >= 11 is 0. The molecule has 0 bridgehead atoms. The van der Waals surface area contributed by atoms with Gasteiger partial charge in [-0.15, -0.1) is 0 Å². The summed E-state index contributed by atoms with van der Waals surface area (Å²) in [4.78, 5) is 11.9. The molecular weight excluding hydrogens is 392 g/mol. The van der Waals surface area contributed by atoms with Crippen molar-refractivity contribution in [3.63, 3.8) is 0 Å². The van der Waals surface area contributed by atoms with E-state index in [4.69, 9.17) is 4.74 Å². The Labute approximate surface area is 200 Å². The lowest BCUT2D eigenvalue weighted by atomic mass is 9.69. The van der Waals surface area contributed by atoms with E-state index >= 15 is 0 Å². The van der Waals surface area contributed by atoms with Gasteiger partial charge >= 0.3 is 5.97 Å². The van der Waals surface area contributed by atoms with Gasteiger partial charge in [-0.1, -0.05) is 97.3 Å². The fraction of sp³-hybridized carbons (Fsp3) is 0.967. The maximum Gasteiger partial charge on any atom is 0.306 e. The molecule has 0 aromatic heterocycles. The van der Waals surface area contributed by atoms with Crippen LogP contribution in [0.5, 0.6) is 0 Å². The standard InChI is InChI=1S/C30H54O2/c1-3-5-7-8-24-10-12-25(13-11-24)14-15-26-16-18-27(19-17-26)28-20-22-29(23-21-28)32-30(31)9-6-4-2/h24-29H,3-23H2,1-2H3/t24-,25-,26?,27?,28?,29?. The lowest BCUT2D eigenvalue weighted by molar-refractivity contribution is -0.151. The van der Waals surface area contributed by atoms with Crippen LogP contribution >= 0.6 is 0 Å². The molecule has 3 rings (SSSR count). The summed E-state index contributed by atoms with van der Waals surface area (Å²) in [6.07, 6.45) is 28.5. The molecule has 0 radical (unpaired) electrons. The summed E-state index contributed by atoms with van der Waals surface area (Å²) in [7, 11) is 0. The third-order valence-electron chi connectivity index (χ3n) is 9.47. The minimum Gasteiger partial charge on any atom is -0.462 e. The van der Waals surface area contributed by atoms with Gasteiger partial charge < -0.3 is 4.74 Å². The maximum atomic E-state index is 11.9. The SMILES string of the molecule is CCCCC[C@H]1CC[C@H](CCC2CCC(C3CCC(OC(=O)CCCC)CC3)CC2)CC1. The molecule has 0 aromatic carbocycles. The van der Waals surface area contributed by atoms with E-state index < -0.39 is 0 Å².